The number of hydrogen-bond acceptors (Lipinski definition) is 7. The highest BCUT2D eigenvalue weighted by atomic mass is 32.2. The number of nitrogens with zero attached hydrogens (tertiary/aromatic N) is 4. The van der Waals surface area contributed by atoms with Gasteiger partial charge in [0, 0.05) is 30.9 Å². The number of anilines is 1. The van der Waals surface area contributed by atoms with E-state index < -0.39 is 12.0 Å². The van der Waals surface area contributed by atoms with Crippen LogP contribution >= 0.6 is 11.8 Å². The SMILES string of the molecule is CCOC(=O)NC(=O)CSc1nnc(-c2ccc(N(CC)CC)cc2)n1CC. The van der Waals surface area contributed by atoms with Gasteiger partial charge in [0.2, 0.25) is 5.91 Å². The van der Waals surface area contributed by atoms with Gasteiger partial charge in [-0.15, -0.1) is 10.2 Å². The number of hydrogen-bond donors (Lipinski definition) is 1. The Morgan fingerprint density at radius 1 is 1.11 bits per heavy atom. The molecule has 0 saturated carbocycles. The van der Waals surface area contributed by atoms with Crippen molar-refractivity contribution in [3.05, 3.63) is 24.3 Å². The quantitative estimate of drug-likeness (QED) is 0.641. The zero-order chi connectivity index (χ0) is 20.5. The number of carbonyl (C=O) groups is 2. The van der Waals surface area contributed by atoms with E-state index in [0.29, 0.717) is 11.7 Å². The Labute approximate surface area is 169 Å². The Bertz CT molecular complexity index is 787. The summed E-state index contributed by atoms with van der Waals surface area (Å²) < 4.78 is 6.65. The highest BCUT2D eigenvalue weighted by Gasteiger charge is 2.16. The van der Waals surface area contributed by atoms with Crippen molar-refractivity contribution in [3.8, 4) is 11.4 Å². The van der Waals surface area contributed by atoms with Gasteiger partial charge in [-0.2, -0.15) is 0 Å². The van der Waals surface area contributed by atoms with Gasteiger partial charge >= 0.3 is 6.09 Å². The third-order valence-corrected chi connectivity index (χ3v) is 5.10. The van der Waals surface area contributed by atoms with Gasteiger partial charge in [-0.25, -0.2) is 4.79 Å². The number of imide groups is 1. The third kappa shape index (κ3) is 5.48. The van der Waals surface area contributed by atoms with Crippen molar-refractivity contribution in [1.29, 1.82) is 0 Å². The number of nitrogens with one attached hydrogen (secondary N) is 1. The van der Waals surface area contributed by atoms with E-state index in [1.807, 2.05) is 23.6 Å². The topological polar surface area (TPSA) is 89.3 Å². The minimum absolute atomic E-state index is 0.0534. The molecule has 0 bridgehead atoms. The first-order chi connectivity index (χ1) is 13.5. The van der Waals surface area contributed by atoms with Gasteiger partial charge in [0.15, 0.2) is 11.0 Å². The number of ether oxygens (including phenoxy) is 1. The molecule has 28 heavy (non-hydrogen) atoms. The summed E-state index contributed by atoms with van der Waals surface area (Å²) in [5.41, 5.74) is 2.13. The number of aromatic nitrogens is 3. The zero-order valence-electron chi connectivity index (χ0n) is 16.8. The predicted molar refractivity (Wildman–Crippen MR) is 111 cm³/mol. The van der Waals surface area contributed by atoms with Gasteiger partial charge in [0.1, 0.15) is 0 Å². The average Bonchev–Trinajstić information content (AvgIpc) is 3.11. The number of rotatable bonds is 9. The Hall–Kier alpha value is -2.55. The van der Waals surface area contributed by atoms with E-state index in [0.717, 1.165) is 24.5 Å². The van der Waals surface area contributed by atoms with Crippen LogP contribution in [0, 0.1) is 0 Å². The van der Waals surface area contributed by atoms with E-state index in [9.17, 15) is 9.59 Å². The van der Waals surface area contributed by atoms with Crippen molar-refractivity contribution >= 4 is 29.4 Å². The molecule has 0 saturated heterocycles. The Morgan fingerprint density at radius 2 is 1.79 bits per heavy atom. The van der Waals surface area contributed by atoms with Crippen molar-refractivity contribution in [1.82, 2.24) is 20.1 Å². The lowest BCUT2D eigenvalue weighted by atomic mass is 10.2. The summed E-state index contributed by atoms with van der Waals surface area (Å²) >= 11 is 1.23. The largest absolute Gasteiger partial charge is 0.450 e. The Kier molecular flexibility index (Phi) is 8.31. The summed E-state index contributed by atoms with van der Waals surface area (Å²) in [4.78, 5) is 25.4. The van der Waals surface area contributed by atoms with Gasteiger partial charge in [-0.1, -0.05) is 11.8 Å². The Balaban J connectivity index is 2.09. The van der Waals surface area contributed by atoms with E-state index in [4.69, 9.17) is 4.74 Å². The maximum atomic E-state index is 11.8. The summed E-state index contributed by atoms with van der Waals surface area (Å²) in [6, 6.07) is 8.23. The lowest BCUT2D eigenvalue weighted by Crippen LogP contribution is -2.32. The van der Waals surface area contributed by atoms with Crippen LogP contribution in [0.4, 0.5) is 10.5 Å². The monoisotopic (exact) mass is 405 g/mol. The number of amides is 2. The predicted octanol–water partition coefficient (Wildman–Crippen LogP) is 3.18. The fourth-order valence-corrected chi connectivity index (χ4v) is 3.55. The van der Waals surface area contributed by atoms with Crippen LogP contribution in [0.5, 0.6) is 0 Å². The smallest absolute Gasteiger partial charge is 0.413 e. The van der Waals surface area contributed by atoms with Crippen LogP contribution in [0.3, 0.4) is 0 Å². The number of alkyl carbamates (subject to hydrolysis) is 1. The first-order valence-corrected chi connectivity index (χ1v) is 10.4. The first-order valence-electron chi connectivity index (χ1n) is 9.41. The zero-order valence-corrected chi connectivity index (χ0v) is 17.6. The van der Waals surface area contributed by atoms with Crippen molar-refractivity contribution in [2.45, 2.75) is 39.4 Å². The van der Waals surface area contributed by atoms with Crippen LogP contribution in [-0.2, 0) is 16.1 Å². The van der Waals surface area contributed by atoms with E-state index in [-0.39, 0.29) is 12.4 Å². The second kappa shape index (κ2) is 10.7. The molecule has 0 spiro atoms. The van der Waals surface area contributed by atoms with Crippen LogP contribution in [0.1, 0.15) is 27.7 Å². The molecule has 1 N–H and O–H groups in total. The minimum Gasteiger partial charge on any atom is -0.450 e. The fraction of sp³-hybridized carbons (Fsp3) is 0.474. The lowest BCUT2D eigenvalue weighted by Gasteiger charge is -2.21. The minimum atomic E-state index is -0.737. The van der Waals surface area contributed by atoms with Crippen LogP contribution < -0.4 is 10.2 Å². The number of thioether (sulfide) groups is 1. The summed E-state index contributed by atoms with van der Waals surface area (Å²) in [6.45, 7) is 10.7. The summed E-state index contributed by atoms with van der Waals surface area (Å²) in [5, 5.41) is 11.3. The van der Waals surface area contributed by atoms with Crippen LogP contribution in [0.2, 0.25) is 0 Å². The van der Waals surface area contributed by atoms with Gasteiger partial charge in [-0.3, -0.25) is 10.1 Å². The highest BCUT2D eigenvalue weighted by Crippen LogP contribution is 2.26. The average molecular weight is 406 g/mol. The first kappa shape index (κ1) is 21.7. The summed E-state index contributed by atoms with van der Waals surface area (Å²) in [5.74, 6) is 0.374. The molecule has 2 amide bonds. The van der Waals surface area contributed by atoms with E-state index in [1.165, 1.54) is 17.4 Å². The molecule has 8 nitrogen and oxygen atoms in total. The van der Waals surface area contributed by atoms with Crippen LogP contribution in [0.25, 0.3) is 11.4 Å². The molecular formula is C19H27N5O3S. The van der Waals surface area contributed by atoms with Crippen molar-refractivity contribution in [3.63, 3.8) is 0 Å². The summed E-state index contributed by atoms with van der Waals surface area (Å²) in [6.07, 6.45) is -0.737. The molecule has 1 aromatic heterocycles. The summed E-state index contributed by atoms with van der Waals surface area (Å²) in [7, 11) is 0. The van der Waals surface area contributed by atoms with Gasteiger partial charge in [0.25, 0.3) is 0 Å². The second-order valence-corrected chi connectivity index (χ2v) is 6.77. The lowest BCUT2D eigenvalue weighted by molar-refractivity contribution is -0.117. The van der Waals surface area contributed by atoms with Crippen molar-refractivity contribution in [2.24, 2.45) is 0 Å². The molecular weight excluding hydrogens is 378 g/mol. The van der Waals surface area contributed by atoms with E-state index in [2.05, 4.69) is 46.4 Å². The molecule has 9 heteroatoms. The highest BCUT2D eigenvalue weighted by molar-refractivity contribution is 7.99. The van der Waals surface area contributed by atoms with Crippen LogP contribution in [-0.4, -0.2) is 52.2 Å². The molecule has 0 aliphatic carbocycles. The fourth-order valence-electron chi connectivity index (χ4n) is 2.75. The number of benzene rings is 1. The third-order valence-electron chi connectivity index (χ3n) is 4.14. The molecule has 0 atom stereocenters. The van der Waals surface area contributed by atoms with Gasteiger partial charge < -0.3 is 14.2 Å². The Morgan fingerprint density at radius 3 is 2.36 bits per heavy atom. The maximum Gasteiger partial charge on any atom is 0.413 e. The van der Waals surface area contributed by atoms with Gasteiger partial charge in [0.05, 0.1) is 12.4 Å². The molecule has 0 aliphatic rings. The second-order valence-electron chi connectivity index (χ2n) is 5.83. The maximum absolute atomic E-state index is 11.8. The molecule has 152 valence electrons. The molecule has 0 aliphatic heterocycles. The van der Waals surface area contributed by atoms with Crippen molar-refractivity contribution in [2.75, 3.05) is 30.3 Å². The standard InChI is InChI=1S/C19H27N5O3S/c1-5-23(6-2)15-11-9-14(10-12-15)17-21-22-18(24(17)7-3)28-13-16(25)20-19(26)27-8-4/h9-12H,5-8,13H2,1-4H3,(H,20,25,26). The van der Waals surface area contributed by atoms with Crippen molar-refractivity contribution < 1.29 is 14.3 Å². The van der Waals surface area contributed by atoms with Gasteiger partial charge in [-0.05, 0) is 52.0 Å². The molecule has 2 rings (SSSR count). The van der Waals surface area contributed by atoms with E-state index >= 15 is 0 Å². The molecule has 1 aromatic carbocycles. The van der Waals surface area contributed by atoms with E-state index in [1.54, 1.807) is 6.92 Å². The molecule has 0 fully saturated rings. The molecule has 0 radical (unpaired) electrons. The molecule has 2 aromatic rings. The molecule has 1 heterocycles. The normalized spacial score (nSPS) is 10.6. The molecule has 0 unspecified atom stereocenters. The number of carbonyl (C=O) groups excluding carboxylic acids is 2. The van der Waals surface area contributed by atoms with Crippen LogP contribution in [0.15, 0.2) is 29.4 Å².